The fraction of sp³-hybridized carbons (Fsp3) is 0.200. The number of halogens is 3. The van der Waals surface area contributed by atoms with Crippen molar-refractivity contribution in [2.24, 2.45) is 0 Å². The van der Waals surface area contributed by atoms with E-state index in [0.29, 0.717) is 17.0 Å². The molecule has 7 nitrogen and oxygen atoms in total. The number of aromatic nitrogens is 5. The van der Waals surface area contributed by atoms with Crippen molar-refractivity contribution < 1.29 is 22.7 Å². The van der Waals surface area contributed by atoms with Crippen LogP contribution in [-0.2, 0) is 12.7 Å². The van der Waals surface area contributed by atoms with Crippen LogP contribution in [0.4, 0.5) is 13.2 Å². The van der Waals surface area contributed by atoms with Gasteiger partial charge < -0.3 is 9.14 Å². The SMILES string of the molecule is COc1ccc(Cn2nc(C(F)(F)F)nc2-c2cn3cc(C(C)=O)ccc3n2)cc1. The van der Waals surface area contributed by atoms with Gasteiger partial charge in [-0.1, -0.05) is 12.1 Å². The van der Waals surface area contributed by atoms with Crippen molar-refractivity contribution in [3.05, 3.63) is 65.7 Å². The lowest BCUT2D eigenvalue weighted by Crippen LogP contribution is -2.09. The summed E-state index contributed by atoms with van der Waals surface area (Å²) in [4.78, 5) is 19.6. The molecular formula is C20H16F3N5O2. The summed E-state index contributed by atoms with van der Waals surface area (Å²) in [6, 6.07) is 10.1. The number of imidazole rings is 1. The van der Waals surface area contributed by atoms with E-state index in [0.717, 1.165) is 10.2 Å². The third-order valence-electron chi connectivity index (χ3n) is 4.50. The number of pyridine rings is 1. The molecule has 1 aromatic carbocycles. The Labute approximate surface area is 168 Å². The molecule has 0 fully saturated rings. The molecule has 0 aliphatic heterocycles. The van der Waals surface area contributed by atoms with Gasteiger partial charge in [-0.15, -0.1) is 5.10 Å². The second-order valence-electron chi connectivity index (χ2n) is 6.63. The zero-order valence-electron chi connectivity index (χ0n) is 16.0. The van der Waals surface area contributed by atoms with E-state index in [2.05, 4.69) is 15.1 Å². The van der Waals surface area contributed by atoms with Crippen LogP contribution < -0.4 is 4.74 Å². The Hall–Kier alpha value is -3.69. The van der Waals surface area contributed by atoms with Crippen molar-refractivity contribution in [2.45, 2.75) is 19.6 Å². The zero-order valence-corrected chi connectivity index (χ0v) is 16.0. The Morgan fingerprint density at radius 1 is 1.07 bits per heavy atom. The van der Waals surface area contributed by atoms with Gasteiger partial charge in [0.25, 0.3) is 5.82 Å². The Morgan fingerprint density at radius 2 is 1.80 bits per heavy atom. The summed E-state index contributed by atoms with van der Waals surface area (Å²) in [6.45, 7) is 1.50. The molecule has 0 unspecified atom stereocenters. The number of alkyl halides is 3. The highest BCUT2D eigenvalue weighted by Crippen LogP contribution is 2.29. The second-order valence-corrected chi connectivity index (χ2v) is 6.63. The van der Waals surface area contributed by atoms with Crippen molar-refractivity contribution >= 4 is 11.4 Å². The van der Waals surface area contributed by atoms with Gasteiger partial charge in [-0.2, -0.15) is 13.2 Å². The third-order valence-corrected chi connectivity index (χ3v) is 4.50. The fourth-order valence-electron chi connectivity index (χ4n) is 2.97. The van der Waals surface area contributed by atoms with Crippen LogP contribution in [0.15, 0.2) is 48.8 Å². The fourth-order valence-corrected chi connectivity index (χ4v) is 2.97. The number of ether oxygens (including phenoxy) is 1. The zero-order chi connectivity index (χ0) is 21.5. The van der Waals surface area contributed by atoms with Crippen molar-refractivity contribution in [3.8, 4) is 17.3 Å². The van der Waals surface area contributed by atoms with E-state index in [9.17, 15) is 18.0 Å². The van der Waals surface area contributed by atoms with Crippen LogP contribution in [0.5, 0.6) is 5.75 Å². The predicted molar refractivity (Wildman–Crippen MR) is 101 cm³/mol. The van der Waals surface area contributed by atoms with E-state index >= 15 is 0 Å². The first-order valence-corrected chi connectivity index (χ1v) is 8.89. The van der Waals surface area contributed by atoms with Gasteiger partial charge >= 0.3 is 6.18 Å². The molecule has 0 N–H and O–H groups in total. The predicted octanol–water partition coefficient (Wildman–Crippen LogP) is 3.87. The van der Waals surface area contributed by atoms with Gasteiger partial charge in [-0.3, -0.25) is 4.79 Å². The highest BCUT2D eigenvalue weighted by molar-refractivity contribution is 5.94. The topological polar surface area (TPSA) is 74.3 Å². The van der Waals surface area contributed by atoms with Gasteiger partial charge in [0.15, 0.2) is 11.6 Å². The van der Waals surface area contributed by atoms with Crippen molar-refractivity contribution in [1.29, 1.82) is 0 Å². The minimum atomic E-state index is -4.69. The first-order chi connectivity index (χ1) is 14.2. The molecule has 10 heteroatoms. The normalized spacial score (nSPS) is 11.8. The maximum absolute atomic E-state index is 13.3. The smallest absolute Gasteiger partial charge is 0.453 e. The van der Waals surface area contributed by atoms with E-state index in [1.165, 1.54) is 20.2 Å². The molecule has 0 aliphatic rings. The first-order valence-electron chi connectivity index (χ1n) is 8.89. The molecule has 3 aromatic heterocycles. The van der Waals surface area contributed by atoms with Crippen LogP contribution >= 0.6 is 0 Å². The number of carbonyl (C=O) groups excluding carboxylic acids is 1. The number of carbonyl (C=O) groups is 1. The van der Waals surface area contributed by atoms with E-state index in [4.69, 9.17) is 4.74 Å². The summed E-state index contributed by atoms with van der Waals surface area (Å²) in [5, 5.41) is 3.66. The Morgan fingerprint density at radius 3 is 2.43 bits per heavy atom. The molecule has 0 aliphatic carbocycles. The van der Waals surface area contributed by atoms with E-state index in [1.54, 1.807) is 47.0 Å². The monoisotopic (exact) mass is 415 g/mol. The maximum atomic E-state index is 13.3. The summed E-state index contributed by atoms with van der Waals surface area (Å²) in [6.07, 6.45) is -1.60. The lowest BCUT2D eigenvalue weighted by molar-refractivity contribution is -0.144. The number of methoxy groups -OCH3 is 1. The average molecular weight is 415 g/mol. The lowest BCUT2D eigenvalue weighted by Gasteiger charge is -2.06. The first kappa shape index (κ1) is 19.6. The maximum Gasteiger partial charge on any atom is 0.453 e. The molecule has 4 aromatic rings. The molecule has 4 rings (SSSR count). The van der Waals surface area contributed by atoms with E-state index < -0.39 is 12.0 Å². The molecule has 0 spiro atoms. The number of hydrogen-bond donors (Lipinski definition) is 0. The number of benzene rings is 1. The van der Waals surface area contributed by atoms with Crippen LogP contribution in [0.25, 0.3) is 17.2 Å². The van der Waals surface area contributed by atoms with Crippen LogP contribution in [0, 0.1) is 0 Å². The molecule has 30 heavy (non-hydrogen) atoms. The summed E-state index contributed by atoms with van der Waals surface area (Å²) in [7, 11) is 1.53. The summed E-state index contributed by atoms with van der Waals surface area (Å²) in [5.74, 6) is -0.761. The van der Waals surface area contributed by atoms with Gasteiger partial charge in [-0.25, -0.2) is 14.6 Å². The Balaban J connectivity index is 1.78. The third kappa shape index (κ3) is 3.76. The number of Topliss-reactive ketones (excluding diaryl/α,β-unsaturated/α-hetero) is 1. The molecule has 0 amide bonds. The van der Waals surface area contributed by atoms with E-state index in [1.807, 2.05) is 0 Å². The van der Waals surface area contributed by atoms with Crippen LogP contribution in [0.1, 0.15) is 28.7 Å². The van der Waals surface area contributed by atoms with Gasteiger partial charge in [0.1, 0.15) is 17.1 Å². The number of nitrogens with zero attached hydrogens (tertiary/aromatic N) is 5. The molecule has 0 atom stereocenters. The van der Waals surface area contributed by atoms with Crippen molar-refractivity contribution in [1.82, 2.24) is 24.1 Å². The molecule has 0 bridgehead atoms. The molecule has 154 valence electrons. The van der Waals surface area contributed by atoms with Crippen LogP contribution in [0.2, 0.25) is 0 Å². The Kier molecular flexibility index (Phi) is 4.76. The van der Waals surface area contributed by atoms with Gasteiger partial charge in [0.2, 0.25) is 0 Å². The van der Waals surface area contributed by atoms with Gasteiger partial charge in [0.05, 0.1) is 13.7 Å². The molecule has 0 saturated heterocycles. The Bertz CT molecular complexity index is 1230. The van der Waals surface area contributed by atoms with E-state index in [-0.39, 0.29) is 23.8 Å². The number of hydrogen-bond acceptors (Lipinski definition) is 5. The van der Waals surface area contributed by atoms with Crippen molar-refractivity contribution in [3.63, 3.8) is 0 Å². The van der Waals surface area contributed by atoms with Gasteiger partial charge in [0, 0.05) is 18.0 Å². The molecular weight excluding hydrogens is 399 g/mol. The number of fused-ring (bicyclic) bond motifs is 1. The highest BCUT2D eigenvalue weighted by Gasteiger charge is 2.37. The minimum Gasteiger partial charge on any atom is -0.497 e. The molecule has 0 radical (unpaired) electrons. The minimum absolute atomic E-state index is 0.0220. The van der Waals surface area contributed by atoms with Crippen molar-refractivity contribution in [2.75, 3.05) is 7.11 Å². The number of rotatable bonds is 5. The molecule has 3 heterocycles. The quantitative estimate of drug-likeness (QED) is 0.463. The highest BCUT2D eigenvalue weighted by atomic mass is 19.4. The summed E-state index contributed by atoms with van der Waals surface area (Å²) in [5.41, 5.74) is 1.87. The summed E-state index contributed by atoms with van der Waals surface area (Å²) >= 11 is 0. The number of ketones is 1. The average Bonchev–Trinajstić information content (AvgIpc) is 3.31. The van der Waals surface area contributed by atoms with Crippen LogP contribution in [0.3, 0.4) is 0 Å². The lowest BCUT2D eigenvalue weighted by atomic mass is 10.2. The van der Waals surface area contributed by atoms with Gasteiger partial charge in [-0.05, 0) is 36.8 Å². The molecule has 0 saturated carbocycles. The standard InChI is InChI=1S/C20H16F3N5O2/c1-12(29)14-5-8-17-24-16(11-27(17)10-14)18-25-19(20(21,22)23)26-28(18)9-13-3-6-15(30-2)7-4-13/h3-8,10-11H,9H2,1-2H3. The largest absolute Gasteiger partial charge is 0.497 e. The van der Waals surface area contributed by atoms with Crippen LogP contribution in [-0.4, -0.2) is 37.0 Å². The second kappa shape index (κ2) is 7.29. The summed E-state index contributed by atoms with van der Waals surface area (Å²) < 4.78 is 47.6.